The van der Waals surface area contributed by atoms with Crippen molar-refractivity contribution in [1.29, 1.82) is 0 Å². The Bertz CT molecular complexity index is 791. The molecular weight excluding hydrogens is 356 g/mol. The Balaban J connectivity index is 1.28. The maximum absolute atomic E-state index is 12.2. The first-order valence-electron chi connectivity index (χ1n) is 8.54. The summed E-state index contributed by atoms with van der Waals surface area (Å²) in [4.78, 5) is 16.6. The van der Waals surface area contributed by atoms with E-state index in [4.69, 9.17) is 14.2 Å². The molecule has 2 atom stereocenters. The van der Waals surface area contributed by atoms with Gasteiger partial charge in [0.05, 0.1) is 11.8 Å². The van der Waals surface area contributed by atoms with Gasteiger partial charge in [0.2, 0.25) is 17.9 Å². The monoisotopic (exact) mass is 376 g/mol. The van der Waals surface area contributed by atoms with Gasteiger partial charge in [-0.25, -0.2) is 4.98 Å². The number of aromatic amines is 1. The second-order valence-corrected chi connectivity index (χ2v) is 7.14. The molecule has 1 aromatic carbocycles. The Morgan fingerprint density at radius 1 is 1.42 bits per heavy atom. The van der Waals surface area contributed by atoms with E-state index in [1.807, 2.05) is 25.1 Å². The van der Waals surface area contributed by atoms with Gasteiger partial charge in [-0.1, -0.05) is 17.8 Å². The number of H-pyrrole nitrogens is 1. The lowest BCUT2D eigenvalue weighted by atomic mass is 10.1. The van der Waals surface area contributed by atoms with Crippen molar-refractivity contribution in [2.45, 2.75) is 37.1 Å². The van der Waals surface area contributed by atoms with Crippen LogP contribution >= 0.6 is 11.8 Å². The molecule has 9 heteroatoms. The number of amides is 1. The number of hydrogen-bond acceptors (Lipinski definition) is 7. The molecule has 0 aliphatic carbocycles. The molecule has 2 unspecified atom stereocenters. The van der Waals surface area contributed by atoms with Crippen LogP contribution in [0.1, 0.15) is 43.3 Å². The second-order valence-electron chi connectivity index (χ2n) is 6.20. The fourth-order valence-electron chi connectivity index (χ4n) is 2.94. The minimum Gasteiger partial charge on any atom is -0.454 e. The first-order valence-corrected chi connectivity index (χ1v) is 9.53. The number of benzene rings is 1. The van der Waals surface area contributed by atoms with Gasteiger partial charge in [0.15, 0.2) is 17.3 Å². The first kappa shape index (κ1) is 17.2. The fourth-order valence-corrected chi connectivity index (χ4v) is 3.56. The standard InChI is InChI=1S/C17H20N4O4S/c1-10(11-4-5-12-14(7-11)25-9-24-12)18-15(22)8-26-17-19-16(20-21-17)13-3-2-6-23-13/h4-5,7,10,13H,2-3,6,8-9H2,1H3,(H,18,22)(H,19,20,21). The van der Waals surface area contributed by atoms with E-state index in [9.17, 15) is 4.79 Å². The lowest BCUT2D eigenvalue weighted by Gasteiger charge is -2.14. The number of fused-ring (bicyclic) bond motifs is 1. The van der Waals surface area contributed by atoms with E-state index in [0.717, 1.165) is 36.6 Å². The highest BCUT2D eigenvalue weighted by Crippen LogP contribution is 2.34. The summed E-state index contributed by atoms with van der Waals surface area (Å²) >= 11 is 1.30. The molecule has 1 saturated heterocycles. The predicted octanol–water partition coefficient (Wildman–Crippen LogP) is 2.35. The van der Waals surface area contributed by atoms with Gasteiger partial charge in [-0.15, -0.1) is 5.10 Å². The van der Waals surface area contributed by atoms with E-state index < -0.39 is 0 Å². The van der Waals surface area contributed by atoms with Gasteiger partial charge in [-0.3, -0.25) is 9.89 Å². The number of carbonyl (C=O) groups excluding carboxylic acids is 1. The largest absolute Gasteiger partial charge is 0.454 e. The van der Waals surface area contributed by atoms with E-state index in [1.165, 1.54) is 11.8 Å². The average molecular weight is 376 g/mol. The summed E-state index contributed by atoms with van der Waals surface area (Å²) in [6.07, 6.45) is 1.98. The normalized spacial score (nSPS) is 19.5. The van der Waals surface area contributed by atoms with Crippen molar-refractivity contribution in [3.63, 3.8) is 0 Å². The van der Waals surface area contributed by atoms with Crippen LogP contribution in [0.5, 0.6) is 11.5 Å². The number of nitrogens with zero attached hydrogens (tertiary/aromatic N) is 2. The van der Waals surface area contributed by atoms with Gasteiger partial charge in [0.25, 0.3) is 0 Å². The lowest BCUT2D eigenvalue weighted by Crippen LogP contribution is -2.28. The Hall–Kier alpha value is -2.26. The molecule has 26 heavy (non-hydrogen) atoms. The van der Waals surface area contributed by atoms with Crippen molar-refractivity contribution < 1.29 is 19.0 Å². The summed E-state index contributed by atoms with van der Waals surface area (Å²) in [7, 11) is 0. The van der Waals surface area contributed by atoms with Crippen LogP contribution in [0.15, 0.2) is 23.4 Å². The smallest absolute Gasteiger partial charge is 0.231 e. The van der Waals surface area contributed by atoms with Crippen molar-refractivity contribution >= 4 is 17.7 Å². The van der Waals surface area contributed by atoms with Gasteiger partial charge < -0.3 is 19.5 Å². The number of ether oxygens (including phenoxy) is 3. The zero-order chi connectivity index (χ0) is 17.9. The Morgan fingerprint density at radius 2 is 2.31 bits per heavy atom. The molecule has 4 rings (SSSR count). The number of carbonyl (C=O) groups is 1. The molecule has 1 fully saturated rings. The van der Waals surface area contributed by atoms with Crippen molar-refractivity contribution in [2.24, 2.45) is 0 Å². The molecule has 2 aliphatic heterocycles. The summed E-state index contributed by atoms with van der Waals surface area (Å²) < 4.78 is 16.2. The van der Waals surface area contributed by atoms with Crippen LogP contribution in [0.2, 0.25) is 0 Å². The van der Waals surface area contributed by atoms with E-state index >= 15 is 0 Å². The van der Waals surface area contributed by atoms with Gasteiger partial charge in [0, 0.05) is 6.61 Å². The summed E-state index contributed by atoms with van der Waals surface area (Å²) in [6, 6.07) is 5.54. The third-order valence-electron chi connectivity index (χ3n) is 4.32. The number of hydrogen-bond donors (Lipinski definition) is 2. The molecule has 1 aromatic heterocycles. The van der Waals surface area contributed by atoms with Crippen LogP contribution in [0, 0.1) is 0 Å². The van der Waals surface area contributed by atoms with Crippen LogP contribution in [0.3, 0.4) is 0 Å². The van der Waals surface area contributed by atoms with E-state index in [1.54, 1.807) is 0 Å². The SMILES string of the molecule is CC(NC(=O)CSc1n[nH]c(C2CCCO2)n1)c1ccc2c(c1)OCO2. The van der Waals surface area contributed by atoms with Gasteiger partial charge in [-0.05, 0) is 37.5 Å². The van der Waals surface area contributed by atoms with Crippen molar-refractivity contribution in [1.82, 2.24) is 20.5 Å². The molecule has 2 aromatic rings. The molecule has 3 heterocycles. The van der Waals surface area contributed by atoms with Crippen LogP contribution in [-0.4, -0.2) is 40.2 Å². The minimum absolute atomic E-state index is 0.00305. The summed E-state index contributed by atoms with van der Waals surface area (Å²) in [6.45, 7) is 2.93. The Labute approximate surface area is 155 Å². The zero-order valence-electron chi connectivity index (χ0n) is 14.4. The van der Waals surface area contributed by atoms with Crippen LogP contribution in [-0.2, 0) is 9.53 Å². The highest BCUT2D eigenvalue weighted by atomic mass is 32.2. The second kappa shape index (κ2) is 7.55. The average Bonchev–Trinajstić information content (AvgIpc) is 3.40. The number of nitrogens with one attached hydrogen (secondary N) is 2. The summed E-state index contributed by atoms with van der Waals surface area (Å²) in [5, 5.41) is 10.6. The molecule has 1 amide bonds. The molecule has 2 aliphatic rings. The molecule has 8 nitrogen and oxygen atoms in total. The quantitative estimate of drug-likeness (QED) is 0.747. The van der Waals surface area contributed by atoms with Crippen LogP contribution < -0.4 is 14.8 Å². The maximum Gasteiger partial charge on any atom is 0.231 e. The Kier molecular flexibility index (Phi) is 4.98. The van der Waals surface area contributed by atoms with Gasteiger partial charge in [0.1, 0.15) is 6.10 Å². The summed E-state index contributed by atoms with van der Waals surface area (Å²) in [5.74, 6) is 2.34. The number of thioether (sulfide) groups is 1. The van der Waals surface area contributed by atoms with Gasteiger partial charge >= 0.3 is 0 Å². The maximum atomic E-state index is 12.2. The fraction of sp³-hybridized carbons (Fsp3) is 0.471. The van der Waals surface area contributed by atoms with Crippen molar-refractivity contribution in [3.8, 4) is 11.5 Å². The van der Waals surface area contributed by atoms with Crippen molar-refractivity contribution in [3.05, 3.63) is 29.6 Å². The van der Waals surface area contributed by atoms with Crippen LogP contribution in [0.25, 0.3) is 0 Å². The molecule has 0 radical (unpaired) electrons. The number of rotatable bonds is 6. The van der Waals surface area contributed by atoms with Crippen LogP contribution in [0.4, 0.5) is 0 Å². The van der Waals surface area contributed by atoms with E-state index in [-0.39, 0.29) is 30.6 Å². The number of aromatic nitrogens is 3. The van der Waals surface area contributed by atoms with E-state index in [2.05, 4.69) is 20.5 Å². The third kappa shape index (κ3) is 3.78. The lowest BCUT2D eigenvalue weighted by molar-refractivity contribution is -0.119. The third-order valence-corrected chi connectivity index (χ3v) is 5.17. The topological polar surface area (TPSA) is 98.4 Å². The predicted molar refractivity (Wildman–Crippen MR) is 94.2 cm³/mol. The first-order chi connectivity index (χ1) is 12.7. The van der Waals surface area contributed by atoms with E-state index in [0.29, 0.717) is 10.9 Å². The molecular formula is C17H20N4O4S. The molecule has 138 valence electrons. The summed E-state index contributed by atoms with van der Waals surface area (Å²) in [5.41, 5.74) is 0.964. The molecule has 0 bridgehead atoms. The molecule has 0 saturated carbocycles. The molecule has 2 N–H and O–H groups in total. The minimum atomic E-state index is -0.132. The highest BCUT2D eigenvalue weighted by Gasteiger charge is 2.22. The molecule has 0 spiro atoms. The van der Waals surface area contributed by atoms with Crippen molar-refractivity contribution in [2.75, 3.05) is 19.2 Å². The van der Waals surface area contributed by atoms with Gasteiger partial charge in [-0.2, -0.15) is 0 Å². The zero-order valence-corrected chi connectivity index (χ0v) is 15.2. The highest BCUT2D eigenvalue weighted by molar-refractivity contribution is 7.99. The Morgan fingerprint density at radius 3 is 3.15 bits per heavy atom.